The minimum absolute atomic E-state index is 0.134. The highest BCUT2D eigenvalue weighted by molar-refractivity contribution is 5.80. The van der Waals surface area contributed by atoms with Crippen molar-refractivity contribution in [1.82, 2.24) is 19.2 Å². The lowest BCUT2D eigenvalue weighted by atomic mass is 10.2. The van der Waals surface area contributed by atoms with Gasteiger partial charge in [-0.3, -0.25) is 9.98 Å². The van der Waals surface area contributed by atoms with Gasteiger partial charge in [-0.05, 0) is 61.0 Å². The zero-order valence-electron chi connectivity index (χ0n) is 15.9. The Labute approximate surface area is 166 Å². The Morgan fingerprint density at radius 1 is 1.14 bits per heavy atom. The van der Waals surface area contributed by atoms with Crippen LogP contribution in [0.25, 0.3) is 16.9 Å². The maximum atomic E-state index is 8.98. The first kappa shape index (κ1) is 18.1. The van der Waals surface area contributed by atoms with Crippen molar-refractivity contribution in [3.63, 3.8) is 0 Å². The van der Waals surface area contributed by atoms with Gasteiger partial charge in [-0.1, -0.05) is 0 Å². The smallest absolute Gasteiger partial charge is 0.177 e. The third-order valence-corrected chi connectivity index (χ3v) is 4.47. The summed E-state index contributed by atoms with van der Waals surface area (Å²) in [4.78, 5) is 8.97. The van der Waals surface area contributed by atoms with Gasteiger partial charge in [0.25, 0.3) is 0 Å². The zero-order valence-corrected chi connectivity index (χ0v) is 15.9. The molecule has 0 aliphatic heterocycles. The molecule has 4 rings (SSSR count). The Morgan fingerprint density at radius 2 is 1.86 bits per heavy atom. The molecule has 8 heteroatoms. The lowest BCUT2D eigenvalue weighted by molar-refractivity contribution is 0.415. The number of hydrogen-bond acceptors (Lipinski definition) is 6. The molecule has 0 unspecified atom stereocenters. The standard InChI is InChI=1S/C21H17N7O/c1-14-26-19-20(23)27(25-12-16-5-9-18(29-2)10-6-16)13-24-21(19)28(14)17-7-3-15(11-22)4-8-17/h3-10,12-13,23H,1-2H3/b23-20?,25-12-. The second-order valence-corrected chi connectivity index (χ2v) is 6.28. The molecule has 0 aliphatic rings. The minimum atomic E-state index is 0.134. The summed E-state index contributed by atoms with van der Waals surface area (Å²) < 4.78 is 8.38. The summed E-state index contributed by atoms with van der Waals surface area (Å²) in [6, 6.07) is 16.7. The Morgan fingerprint density at radius 3 is 2.52 bits per heavy atom. The molecule has 2 heterocycles. The van der Waals surface area contributed by atoms with Gasteiger partial charge >= 0.3 is 0 Å². The van der Waals surface area contributed by atoms with Crippen LogP contribution in [0.3, 0.4) is 0 Å². The first-order valence-corrected chi connectivity index (χ1v) is 8.81. The van der Waals surface area contributed by atoms with Crippen LogP contribution in [0.5, 0.6) is 5.75 Å². The highest BCUT2D eigenvalue weighted by Crippen LogP contribution is 2.18. The molecule has 0 atom stereocenters. The summed E-state index contributed by atoms with van der Waals surface area (Å²) >= 11 is 0. The first-order valence-electron chi connectivity index (χ1n) is 8.81. The molecule has 0 aliphatic carbocycles. The molecule has 8 nitrogen and oxygen atoms in total. The number of nitriles is 1. The molecule has 2 aromatic carbocycles. The predicted octanol–water partition coefficient (Wildman–Crippen LogP) is 2.77. The van der Waals surface area contributed by atoms with E-state index in [2.05, 4.69) is 21.1 Å². The molecule has 2 aromatic heterocycles. The molecule has 29 heavy (non-hydrogen) atoms. The van der Waals surface area contributed by atoms with Crippen LogP contribution in [0, 0.1) is 23.7 Å². The number of rotatable bonds is 4. The summed E-state index contributed by atoms with van der Waals surface area (Å²) in [5.74, 6) is 1.46. The Bertz CT molecular complexity index is 1310. The van der Waals surface area contributed by atoms with E-state index in [-0.39, 0.29) is 5.49 Å². The molecule has 0 saturated heterocycles. The largest absolute Gasteiger partial charge is 0.497 e. The molecular weight excluding hydrogens is 366 g/mol. The van der Waals surface area contributed by atoms with Crippen molar-refractivity contribution in [2.24, 2.45) is 5.10 Å². The second-order valence-electron chi connectivity index (χ2n) is 6.28. The number of methoxy groups -OCH3 is 1. The monoisotopic (exact) mass is 383 g/mol. The fourth-order valence-electron chi connectivity index (χ4n) is 2.97. The van der Waals surface area contributed by atoms with E-state index in [4.69, 9.17) is 15.4 Å². The SMILES string of the molecule is COc1ccc(/C=N\n2cnc3c(nc(C)n3-c3ccc(C#N)cc3)c2=N)cc1. The molecular formula is C21H17N7O. The average Bonchev–Trinajstić information content (AvgIpc) is 3.10. The van der Waals surface area contributed by atoms with Gasteiger partial charge in [-0.25, -0.2) is 14.6 Å². The lowest BCUT2D eigenvalue weighted by Gasteiger charge is -2.06. The van der Waals surface area contributed by atoms with Gasteiger partial charge in [0.1, 0.15) is 17.9 Å². The highest BCUT2D eigenvalue weighted by atomic mass is 16.5. The van der Waals surface area contributed by atoms with E-state index >= 15 is 0 Å². The molecule has 0 fully saturated rings. The summed E-state index contributed by atoms with van der Waals surface area (Å²) in [6.45, 7) is 1.85. The fraction of sp³-hybridized carbons (Fsp3) is 0.0952. The summed E-state index contributed by atoms with van der Waals surface area (Å²) in [6.07, 6.45) is 3.14. The van der Waals surface area contributed by atoms with Crippen molar-refractivity contribution in [2.75, 3.05) is 7.11 Å². The molecule has 4 aromatic rings. The van der Waals surface area contributed by atoms with E-state index in [1.807, 2.05) is 47.9 Å². The molecule has 1 N–H and O–H groups in total. The summed E-state index contributed by atoms with van der Waals surface area (Å²) in [7, 11) is 1.62. The van der Waals surface area contributed by atoms with Crippen molar-refractivity contribution >= 4 is 17.4 Å². The molecule has 0 radical (unpaired) electrons. The van der Waals surface area contributed by atoms with Crippen LogP contribution in [-0.4, -0.2) is 32.5 Å². The predicted molar refractivity (Wildman–Crippen MR) is 108 cm³/mol. The number of nitrogens with one attached hydrogen (secondary N) is 1. The van der Waals surface area contributed by atoms with Gasteiger partial charge < -0.3 is 4.74 Å². The van der Waals surface area contributed by atoms with E-state index in [0.29, 0.717) is 22.6 Å². The third-order valence-electron chi connectivity index (χ3n) is 4.47. The minimum Gasteiger partial charge on any atom is -0.497 e. The van der Waals surface area contributed by atoms with Crippen LogP contribution in [0.1, 0.15) is 17.0 Å². The van der Waals surface area contributed by atoms with Crippen molar-refractivity contribution in [1.29, 1.82) is 10.7 Å². The molecule has 0 spiro atoms. The van der Waals surface area contributed by atoms with Gasteiger partial charge in [0, 0.05) is 5.69 Å². The van der Waals surface area contributed by atoms with Gasteiger partial charge in [0.15, 0.2) is 16.7 Å². The Hall–Kier alpha value is -4.25. The zero-order chi connectivity index (χ0) is 20.4. The number of nitrogens with zero attached hydrogens (tertiary/aromatic N) is 6. The maximum absolute atomic E-state index is 8.98. The van der Waals surface area contributed by atoms with Gasteiger partial charge in [-0.15, -0.1) is 0 Å². The molecule has 0 bridgehead atoms. The summed E-state index contributed by atoms with van der Waals surface area (Å²) in [5, 5.41) is 21.8. The van der Waals surface area contributed by atoms with Crippen LogP contribution in [-0.2, 0) is 0 Å². The van der Waals surface area contributed by atoms with Crippen molar-refractivity contribution in [3.05, 3.63) is 77.3 Å². The number of imidazole rings is 1. The Kier molecular flexibility index (Phi) is 4.63. The number of aromatic nitrogens is 4. The quantitative estimate of drug-likeness (QED) is 0.547. The fourth-order valence-corrected chi connectivity index (χ4v) is 2.97. The molecule has 0 saturated carbocycles. The van der Waals surface area contributed by atoms with E-state index in [1.165, 1.54) is 11.0 Å². The number of benzene rings is 2. The summed E-state index contributed by atoms with van der Waals surface area (Å²) in [5.41, 5.74) is 3.42. The van der Waals surface area contributed by atoms with Gasteiger partial charge in [-0.2, -0.15) is 10.4 Å². The maximum Gasteiger partial charge on any atom is 0.177 e. The number of ether oxygens (including phenoxy) is 1. The lowest BCUT2D eigenvalue weighted by Crippen LogP contribution is -2.18. The van der Waals surface area contributed by atoms with Crippen LogP contribution >= 0.6 is 0 Å². The number of aryl methyl sites for hydroxylation is 1. The van der Waals surface area contributed by atoms with Crippen LogP contribution in [0.2, 0.25) is 0 Å². The first-order chi connectivity index (χ1) is 14.1. The van der Waals surface area contributed by atoms with E-state index in [9.17, 15) is 0 Å². The van der Waals surface area contributed by atoms with Crippen LogP contribution in [0.15, 0.2) is 60.0 Å². The van der Waals surface area contributed by atoms with Crippen molar-refractivity contribution in [2.45, 2.75) is 6.92 Å². The Balaban J connectivity index is 1.73. The third kappa shape index (κ3) is 3.37. The molecule has 0 amide bonds. The van der Waals surface area contributed by atoms with E-state index in [1.54, 1.807) is 25.5 Å². The van der Waals surface area contributed by atoms with Gasteiger partial charge in [0.2, 0.25) is 0 Å². The number of fused-ring (bicyclic) bond motifs is 1. The average molecular weight is 383 g/mol. The van der Waals surface area contributed by atoms with Crippen molar-refractivity contribution < 1.29 is 4.74 Å². The highest BCUT2D eigenvalue weighted by Gasteiger charge is 2.13. The normalized spacial score (nSPS) is 11.1. The van der Waals surface area contributed by atoms with E-state index < -0.39 is 0 Å². The van der Waals surface area contributed by atoms with Gasteiger partial charge in [0.05, 0.1) is 25.0 Å². The molecule has 142 valence electrons. The number of hydrogen-bond donors (Lipinski definition) is 1. The second kappa shape index (κ2) is 7.40. The van der Waals surface area contributed by atoms with Crippen molar-refractivity contribution in [3.8, 4) is 17.5 Å². The topological polar surface area (TPSA) is 105 Å². The van der Waals surface area contributed by atoms with Crippen LogP contribution in [0.4, 0.5) is 0 Å². The van der Waals surface area contributed by atoms with E-state index in [0.717, 1.165) is 17.0 Å². The van der Waals surface area contributed by atoms with Crippen LogP contribution < -0.4 is 10.2 Å².